The van der Waals surface area contributed by atoms with E-state index >= 15 is 0 Å². The number of aliphatic hydroxyl groups is 2. The van der Waals surface area contributed by atoms with E-state index < -0.39 is 23.8 Å². The van der Waals surface area contributed by atoms with Crippen LogP contribution in [0.5, 0.6) is 0 Å². The van der Waals surface area contributed by atoms with Crippen molar-refractivity contribution in [3.05, 3.63) is 102 Å². The third-order valence-electron chi connectivity index (χ3n) is 14.4. The Morgan fingerprint density at radius 1 is 0.879 bits per heavy atom. The van der Waals surface area contributed by atoms with Crippen LogP contribution in [0.1, 0.15) is 180 Å². The Morgan fingerprint density at radius 3 is 2.15 bits per heavy atom. The predicted octanol–water partition coefficient (Wildman–Crippen LogP) is 9.48. The van der Waals surface area contributed by atoms with Crippen molar-refractivity contribution in [2.75, 3.05) is 13.7 Å². The molecule has 0 saturated carbocycles. The van der Waals surface area contributed by atoms with Gasteiger partial charge < -0.3 is 40.0 Å². The minimum atomic E-state index is -2.43. The fourth-order valence-electron chi connectivity index (χ4n) is 10.2. The first kappa shape index (κ1) is 53.1. The first-order chi connectivity index (χ1) is 30.9. The maximum absolute atomic E-state index is 14.4. The van der Waals surface area contributed by atoms with E-state index in [2.05, 4.69) is 55.0 Å². The summed E-state index contributed by atoms with van der Waals surface area (Å²) < 4.78 is 11.0. The second-order valence-electron chi connectivity index (χ2n) is 19.8. The van der Waals surface area contributed by atoms with Crippen molar-refractivity contribution in [2.24, 2.45) is 35.5 Å². The quantitative estimate of drug-likeness (QED) is 0.0351. The molecular weight excluding hydrogens is 837 g/mol. The molecule has 354 valence electrons. The molecule has 0 radical (unpaired) electrons. The van der Waals surface area contributed by atoms with Crippen LogP contribution in [0.2, 0.25) is 0 Å². The van der Waals surface area contributed by atoms with E-state index in [4.69, 9.17) is 29.7 Å². The molecule has 0 amide bonds. The second-order valence-corrected chi connectivity index (χ2v) is 19.8. The summed E-state index contributed by atoms with van der Waals surface area (Å²) >= 11 is 0. The van der Waals surface area contributed by atoms with Gasteiger partial charge in [0, 0.05) is 12.0 Å². The Bertz CT molecular complexity index is 2460. The number of hydrogen-bond donors (Lipinski definition) is 2. The normalized spacial score (nSPS) is 21.9. The molecule has 1 saturated heterocycles. The number of esters is 1. The number of carbonyl (C=O) groups is 2. The molecule has 5 atom stereocenters. The van der Waals surface area contributed by atoms with Crippen LogP contribution in [-0.2, 0) is 20.7 Å². The molecule has 3 aromatic heterocycles. The average molecular weight is 912 g/mol. The molecule has 3 aromatic rings. The monoisotopic (exact) mass is 911 g/mol. The third-order valence-corrected chi connectivity index (χ3v) is 14.4. The molecule has 2 N–H and O–H groups in total. The van der Waals surface area contributed by atoms with Crippen molar-refractivity contribution in [2.45, 2.75) is 152 Å². The maximum atomic E-state index is 14.4. The number of methoxy groups -OCH3 is 1. The van der Waals surface area contributed by atoms with Crippen LogP contribution >= 0.6 is 0 Å². The Balaban J connectivity index is 0.00000817. The van der Waals surface area contributed by atoms with E-state index in [1.165, 1.54) is 52.1 Å². The summed E-state index contributed by atoms with van der Waals surface area (Å²) in [7, 11) is 1.28. The van der Waals surface area contributed by atoms with E-state index in [1.54, 1.807) is 0 Å². The SMILES string of the molecule is C=Cc1c2[n-]c(c1C)/C=C1\[N-]/C(=C3\c4[n-]c(c(C)c4C(=O)[C@@H]3C(=O)OC)/C=c3\[n-]/c(c(C)c3CC)=C\2)[C@@H](CCC(O)(O)OC/C=C(/C)CCC[C@H](C)CCC[C@H](C)CCCC(C)C)[C@@H]1C.[Mg+2]. The largest absolute Gasteiger partial charge is 2.00 e. The Morgan fingerprint density at radius 2 is 1.52 bits per heavy atom. The number of rotatable bonds is 21. The number of aromatic nitrogens is 3. The summed E-state index contributed by atoms with van der Waals surface area (Å²) in [6.45, 7) is 25.6. The van der Waals surface area contributed by atoms with Crippen molar-refractivity contribution in [1.82, 2.24) is 15.0 Å². The fourth-order valence-corrected chi connectivity index (χ4v) is 10.2. The molecule has 2 aliphatic heterocycles. The van der Waals surface area contributed by atoms with Crippen LogP contribution < -0.4 is 25.7 Å². The standard InChI is InChI=1S/C55H75N4O6.Mg/c1-13-39-35(8)42-28-44-37(10)41(24-26-55(62,63)65-27-25-34(7)23-17-22-33(6)21-16-20-32(5)19-15-18-31(3)4)51(58-44)49-50(54(61)64-12)53(60)48-38(11)45(59-52(48)49)30-47-40(14-2)36(9)43(57-47)29-46(39)56-42;/h13,25,28-33,37,41,50,62-63H,1,14-24,26-27H2,2-12H3,(H-,58,59,60);/q-3;+2/p-1/b34-25-,43-29-,44-28-,47-30-;/t32-,33-,37+,41+,50-;/m1./s1. The Kier molecular flexibility index (Phi) is 18.5. The van der Waals surface area contributed by atoms with Crippen LogP contribution in [-0.4, -0.2) is 64.7 Å². The molecule has 10 nitrogen and oxygen atoms in total. The number of allylic oxidation sites excluding steroid dienone is 3. The van der Waals surface area contributed by atoms with E-state index in [-0.39, 0.29) is 54.2 Å². The summed E-state index contributed by atoms with van der Waals surface area (Å²) in [5, 5.41) is 29.3. The van der Waals surface area contributed by atoms with Gasteiger partial charge in [-0.05, 0) is 88.5 Å². The van der Waals surface area contributed by atoms with Gasteiger partial charge in [-0.1, -0.05) is 157 Å². The van der Waals surface area contributed by atoms with Crippen molar-refractivity contribution < 1.29 is 29.3 Å². The van der Waals surface area contributed by atoms with E-state index in [0.29, 0.717) is 51.1 Å². The number of nitrogens with zero attached hydrogens (tertiary/aromatic N) is 4. The van der Waals surface area contributed by atoms with Gasteiger partial charge >= 0.3 is 29.0 Å². The van der Waals surface area contributed by atoms with Crippen LogP contribution in [0.15, 0.2) is 29.6 Å². The first-order valence-electron chi connectivity index (χ1n) is 24.3. The van der Waals surface area contributed by atoms with Gasteiger partial charge in [-0.15, -0.1) is 33.5 Å². The van der Waals surface area contributed by atoms with Crippen molar-refractivity contribution in [1.29, 1.82) is 0 Å². The number of Topliss-reactive ketones (excluding diaryl/α,β-unsaturated/α-hetero) is 1. The predicted molar refractivity (Wildman–Crippen MR) is 267 cm³/mol. The smallest absolute Gasteiger partial charge is 0.664 e. The van der Waals surface area contributed by atoms with Gasteiger partial charge in [0.05, 0.1) is 13.7 Å². The summed E-state index contributed by atoms with van der Waals surface area (Å²) in [4.78, 5) is 43.2. The topological polar surface area (TPSA) is 149 Å². The maximum Gasteiger partial charge on any atom is 2.00 e. The molecule has 3 aliphatic rings. The van der Waals surface area contributed by atoms with Gasteiger partial charge in [-0.25, -0.2) is 0 Å². The van der Waals surface area contributed by atoms with E-state index in [0.717, 1.165) is 75.3 Å². The number of fused-ring (bicyclic) bond motifs is 7. The summed E-state index contributed by atoms with van der Waals surface area (Å²) in [5.41, 5.74) is 10.2. The van der Waals surface area contributed by atoms with Gasteiger partial charge in [-0.3, -0.25) is 9.59 Å². The number of ether oxygens (including phenoxy) is 2. The second kappa shape index (κ2) is 23.0. The van der Waals surface area contributed by atoms with Gasteiger partial charge in [0.2, 0.25) is 0 Å². The Labute approximate surface area is 410 Å². The number of carbonyl (C=O) groups excluding carboxylic acids is 2. The molecular formula is C55H74MgN4O6-2. The summed E-state index contributed by atoms with van der Waals surface area (Å²) in [6.07, 6.45) is 21.5. The van der Waals surface area contributed by atoms with Crippen molar-refractivity contribution in [3.8, 4) is 0 Å². The molecule has 0 unspecified atom stereocenters. The third kappa shape index (κ3) is 11.9. The number of hydrogen-bond acceptors (Lipinski definition) is 6. The van der Waals surface area contributed by atoms with E-state index in [1.807, 2.05) is 51.2 Å². The number of ketones is 1. The molecule has 0 spiro atoms. The van der Waals surface area contributed by atoms with Gasteiger partial charge in [0.15, 0.2) is 5.78 Å². The Hall–Kier alpha value is -3.87. The minimum Gasteiger partial charge on any atom is -0.664 e. The van der Waals surface area contributed by atoms with Gasteiger partial charge in [-0.2, -0.15) is 11.4 Å². The average Bonchev–Trinajstić information content (AvgIpc) is 3.99. The molecule has 11 heteroatoms. The molecule has 1 aliphatic carbocycles. The van der Waals surface area contributed by atoms with Crippen LogP contribution in [0.25, 0.3) is 35.2 Å². The fraction of sp³-hybridized carbons (Fsp3) is 0.564. The van der Waals surface area contributed by atoms with Crippen LogP contribution in [0, 0.1) is 56.3 Å². The molecule has 5 heterocycles. The molecule has 66 heavy (non-hydrogen) atoms. The molecule has 6 rings (SSSR count). The van der Waals surface area contributed by atoms with Gasteiger partial charge in [0.1, 0.15) is 5.92 Å². The zero-order valence-electron chi connectivity index (χ0n) is 41.8. The van der Waals surface area contributed by atoms with E-state index in [9.17, 15) is 19.8 Å². The zero-order valence-corrected chi connectivity index (χ0v) is 43.2. The summed E-state index contributed by atoms with van der Waals surface area (Å²) in [5.74, 6) is -3.22. The molecule has 8 bridgehead atoms. The molecule has 0 aromatic carbocycles. The van der Waals surface area contributed by atoms with Crippen LogP contribution in [0.3, 0.4) is 0 Å². The van der Waals surface area contributed by atoms with Crippen molar-refractivity contribution >= 4 is 64.7 Å². The van der Waals surface area contributed by atoms with Crippen LogP contribution in [0.4, 0.5) is 0 Å². The van der Waals surface area contributed by atoms with Gasteiger partial charge in [0.25, 0.3) is 5.97 Å². The zero-order chi connectivity index (χ0) is 47.3. The first-order valence-corrected chi connectivity index (χ1v) is 24.3. The minimum absolute atomic E-state index is 0. The van der Waals surface area contributed by atoms with Crippen molar-refractivity contribution in [3.63, 3.8) is 0 Å². The summed E-state index contributed by atoms with van der Waals surface area (Å²) in [6, 6.07) is 0. The molecule has 1 fully saturated rings.